The van der Waals surface area contributed by atoms with E-state index in [1.54, 1.807) is 43.0 Å². The highest BCUT2D eigenvalue weighted by Crippen LogP contribution is 2.18. The van der Waals surface area contributed by atoms with Gasteiger partial charge in [-0.05, 0) is 19.9 Å². The van der Waals surface area contributed by atoms with Crippen LogP contribution >= 0.6 is 0 Å². The summed E-state index contributed by atoms with van der Waals surface area (Å²) in [6.07, 6.45) is 6.03. The molecule has 0 amide bonds. The standard InChI is InChI=1S/C15H13N3O3/c1-9-5-11(10(2)21-9)14(19)6-15(20)12-7-17-18-4-3-16-8-13(12)18/h3-5,7-8H,6H2,1-2H3. The summed E-state index contributed by atoms with van der Waals surface area (Å²) in [5.74, 6) is 0.661. The van der Waals surface area contributed by atoms with E-state index in [1.807, 2.05) is 0 Å². The topological polar surface area (TPSA) is 77.5 Å². The summed E-state index contributed by atoms with van der Waals surface area (Å²) in [5.41, 5.74) is 1.44. The Morgan fingerprint density at radius 2 is 1.95 bits per heavy atom. The van der Waals surface area contributed by atoms with Crippen molar-refractivity contribution in [2.24, 2.45) is 0 Å². The molecule has 0 atom stereocenters. The van der Waals surface area contributed by atoms with Gasteiger partial charge >= 0.3 is 0 Å². The van der Waals surface area contributed by atoms with Crippen LogP contribution in [-0.2, 0) is 0 Å². The average Bonchev–Trinajstić information content (AvgIpc) is 3.01. The number of nitrogens with zero attached hydrogens (tertiary/aromatic N) is 3. The molecule has 3 rings (SSSR count). The van der Waals surface area contributed by atoms with Crippen LogP contribution in [-0.4, -0.2) is 26.2 Å². The van der Waals surface area contributed by atoms with Gasteiger partial charge in [0.15, 0.2) is 11.6 Å². The van der Waals surface area contributed by atoms with Crippen LogP contribution in [0.4, 0.5) is 0 Å². The molecule has 6 nitrogen and oxygen atoms in total. The van der Waals surface area contributed by atoms with Crippen molar-refractivity contribution in [3.05, 3.63) is 53.5 Å². The number of ketones is 2. The summed E-state index contributed by atoms with van der Waals surface area (Å²) in [6.45, 7) is 3.48. The molecular weight excluding hydrogens is 270 g/mol. The fraction of sp³-hybridized carbons (Fsp3) is 0.200. The Kier molecular flexibility index (Phi) is 3.13. The lowest BCUT2D eigenvalue weighted by Crippen LogP contribution is -2.08. The first kappa shape index (κ1) is 13.2. The minimum atomic E-state index is -0.277. The third-order valence-corrected chi connectivity index (χ3v) is 3.29. The Bertz CT molecular complexity index is 845. The van der Waals surface area contributed by atoms with E-state index in [-0.39, 0.29) is 18.0 Å². The van der Waals surface area contributed by atoms with Gasteiger partial charge < -0.3 is 4.42 Å². The molecule has 0 radical (unpaired) electrons. The summed E-state index contributed by atoms with van der Waals surface area (Å²) in [7, 11) is 0. The van der Waals surface area contributed by atoms with E-state index in [0.717, 1.165) is 0 Å². The number of Topliss-reactive ketones (excluding diaryl/α,β-unsaturated/α-hetero) is 2. The number of hydrogen-bond acceptors (Lipinski definition) is 5. The molecule has 3 aromatic rings. The molecule has 3 heterocycles. The summed E-state index contributed by atoms with van der Waals surface area (Å²) in [5, 5.41) is 4.07. The van der Waals surface area contributed by atoms with Crippen molar-refractivity contribution in [2.45, 2.75) is 20.3 Å². The second-order valence-electron chi connectivity index (χ2n) is 4.81. The Hall–Kier alpha value is -2.76. The van der Waals surface area contributed by atoms with Crippen LogP contribution in [0.5, 0.6) is 0 Å². The van der Waals surface area contributed by atoms with Gasteiger partial charge in [0.2, 0.25) is 0 Å². The van der Waals surface area contributed by atoms with Crippen LogP contribution in [0.3, 0.4) is 0 Å². The van der Waals surface area contributed by atoms with Crippen molar-refractivity contribution >= 4 is 17.1 Å². The highest BCUT2D eigenvalue weighted by molar-refractivity contribution is 6.16. The van der Waals surface area contributed by atoms with Crippen LogP contribution in [0.1, 0.15) is 38.7 Å². The first-order valence-electron chi connectivity index (χ1n) is 6.47. The minimum Gasteiger partial charge on any atom is -0.466 e. The van der Waals surface area contributed by atoms with Crippen LogP contribution in [0, 0.1) is 13.8 Å². The highest BCUT2D eigenvalue weighted by Gasteiger charge is 2.20. The number of aryl methyl sites for hydroxylation is 2. The van der Waals surface area contributed by atoms with Gasteiger partial charge in [0, 0.05) is 12.4 Å². The maximum Gasteiger partial charge on any atom is 0.174 e. The molecular formula is C15H13N3O3. The largest absolute Gasteiger partial charge is 0.466 e. The molecule has 0 aliphatic rings. The Morgan fingerprint density at radius 1 is 1.19 bits per heavy atom. The average molecular weight is 283 g/mol. The minimum absolute atomic E-state index is 0.212. The van der Waals surface area contributed by atoms with Crippen molar-refractivity contribution in [2.75, 3.05) is 0 Å². The molecule has 0 N–H and O–H groups in total. The zero-order chi connectivity index (χ0) is 15.0. The molecule has 0 aliphatic heterocycles. The summed E-state index contributed by atoms with van der Waals surface area (Å²) >= 11 is 0. The lowest BCUT2D eigenvalue weighted by Gasteiger charge is -1.99. The second kappa shape index (κ2) is 4.97. The Balaban J connectivity index is 1.86. The van der Waals surface area contributed by atoms with E-state index >= 15 is 0 Å². The summed E-state index contributed by atoms with van der Waals surface area (Å²) < 4.78 is 6.87. The molecule has 3 aromatic heterocycles. The smallest absolute Gasteiger partial charge is 0.174 e. The lowest BCUT2D eigenvalue weighted by atomic mass is 10.0. The van der Waals surface area contributed by atoms with E-state index in [9.17, 15) is 9.59 Å². The summed E-state index contributed by atoms with van der Waals surface area (Å²) in [4.78, 5) is 28.5. The number of fused-ring (bicyclic) bond motifs is 1. The fourth-order valence-corrected chi connectivity index (χ4v) is 2.29. The van der Waals surface area contributed by atoms with Gasteiger partial charge in [-0.15, -0.1) is 0 Å². The number of hydrogen-bond donors (Lipinski definition) is 0. The monoisotopic (exact) mass is 283 g/mol. The predicted molar refractivity (Wildman–Crippen MR) is 74.4 cm³/mol. The number of aromatic nitrogens is 3. The molecule has 0 fully saturated rings. The van der Waals surface area contributed by atoms with E-state index in [2.05, 4.69) is 10.1 Å². The molecule has 0 saturated heterocycles. The van der Waals surface area contributed by atoms with Crippen LogP contribution in [0.2, 0.25) is 0 Å². The van der Waals surface area contributed by atoms with Gasteiger partial charge in [0.05, 0.1) is 35.5 Å². The molecule has 0 aromatic carbocycles. The first-order valence-corrected chi connectivity index (χ1v) is 6.47. The first-order chi connectivity index (χ1) is 10.1. The van der Waals surface area contributed by atoms with Crippen molar-refractivity contribution in [3.63, 3.8) is 0 Å². The van der Waals surface area contributed by atoms with Gasteiger partial charge in [-0.1, -0.05) is 0 Å². The fourth-order valence-electron chi connectivity index (χ4n) is 2.29. The van der Waals surface area contributed by atoms with E-state index < -0.39 is 0 Å². The maximum absolute atomic E-state index is 12.3. The molecule has 0 saturated carbocycles. The summed E-state index contributed by atoms with van der Waals surface area (Å²) in [6, 6.07) is 1.66. The van der Waals surface area contributed by atoms with Crippen molar-refractivity contribution in [3.8, 4) is 0 Å². The van der Waals surface area contributed by atoms with E-state index in [4.69, 9.17) is 4.42 Å². The molecule has 0 unspecified atom stereocenters. The third kappa shape index (κ3) is 2.35. The van der Waals surface area contributed by atoms with Crippen molar-refractivity contribution in [1.29, 1.82) is 0 Å². The quantitative estimate of drug-likeness (QED) is 0.542. The molecule has 21 heavy (non-hydrogen) atoms. The van der Waals surface area contributed by atoms with E-state index in [0.29, 0.717) is 28.2 Å². The number of rotatable bonds is 4. The number of carbonyl (C=O) groups is 2. The van der Waals surface area contributed by atoms with Crippen LogP contribution in [0.25, 0.3) is 5.52 Å². The SMILES string of the molecule is Cc1cc(C(=O)CC(=O)c2cnn3ccncc23)c(C)o1. The van der Waals surface area contributed by atoms with Crippen molar-refractivity contribution in [1.82, 2.24) is 14.6 Å². The number of carbonyl (C=O) groups excluding carboxylic acids is 2. The van der Waals surface area contributed by atoms with Gasteiger partial charge in [0.25, 0.3) is 0 Å². The third-order valence-electron chi connectivity index (χ3n) is 3.29. The van der Waals surface area contributed by atoms with Gasteiger partial charge in [-0.3, -0.25) is 14.6 Å². The van der Waals surface area contributed by atoms with Crippen LogP contribution in [0.15, 0.2) is 35.3 Å². The molecule has 106 valence electrons. The van der Waals surface area contributed by atoms with E-state index in [1.165, 1.54) is 6.20 Å². The maximum atomic E-state index is 12.3. The van der Waals surface area contributed by atoms with Crippen LogP contribution < -0.4 is 0 Å². The van der Waals surface area contributed by atoms with Gasteiger partial charge in [-0.2, -0.15) is 5.10 Å². The highest BCUT2D eigenvalue weighted by atomic mass is 16.3. The Morgan fingerprint density at radius 3 is 2.67 bits per heavy atom. The molecule has 6 heteroatoms. The molecule has 0 spiro atoms. The predicted octanol–water partition coefficient (Wildman–Crippen LogP) is 2.39. The van der Waals surface area contributed by atoms with Gasteiger partial charge in [-0.25, -0.2) is 4.52 Å². The van der Waals surface area contributed by atoms with Crippen molar-refractivity contribution < 1.29 is 14.0 Å². The molecule has 0 aliphatic carbocycles. The zero-order valence-electron chi connectivity index (χ0n) is 11.7. The zero-order valence-corrected chi connectivity index (χ0v) is 11.7. The molecule has 0 bridgehead atoms. The normalized spacial score (nSPS) is 11.0. The Labute approximate surface area is 120 Å². The lowest BCUT2D eigenvalue weighted by molar-refractivity contribution is 0.0894. The van der Waals surface area contributed by atoms with Gasteiger partial charge in [0.1, 0.15) is 11.5 Å². The second-order valence-corrected chi connectivity index (χ2v) is 4.81. The number of furan rings is 1.